The molecule has 1 atom stereocenters. The molecule has 0 unspecified atom stereocenters. The van der Waals surface area contributed by atoms with Crippen LogP contribution in [0.5, 0.6) is 5.75 Å². The third-order valence-electron chi connectivity index (χ3n) is 4.90. The lowest BCUT2D eigenvalue weighted by Crippen LogP contribution is -2.39. The fraction of sp³-hybridized carbons (Fsp3) is 0.174. The minimum absolute atomic E-state index is 0.123. The molecule has 2 heterocycles. The van der Waals surface area contributed by atoms with E-state index in [2.05, 4.69) is 20.9 Å². The van der Waals surface area contributed by atoms with Crippen molar-refractivity contribution in [3.63, 3.8) is 0 Å². The van der Waals surface area contributed by atoms with Crippen molar-refractivity contribution in [2.45, 2.75) is 19.9 Å². The predicted octanol–water partition coefficient (Wildman–Crippen LogP) is 3.27. The number of carbonyl (C=O) groups is 1. The third-order valence-corrected chi connectivity index (χ3v) is 6.52. The lowest BCUT2D eigenvalue weighted by molar-refractivity contribution is -0.139. The topological polar surface area (TPSA) is 80.9 Å². The van der Waals surface area contributed by atoms with E-state index >= 15 is 0 Å². The van der Waals surface area contributed by atoms with Gasteiger partial charge in [0.25, 0.3) is 5.56 Å². The lowest BCUT2D eigenvalue weighted by atomic mass is 9.96. The maximum atomic E-state index is 13.4. The van der Waals surface area contributed by atoms with E-state index in [-0.39, 0.29) is 17.9 Å². The number of aromatic hydroxyl groups is 1. The molecule has 158 valence electrons. The number of esters is 1. The molecule has 1 N–H and O–H groups in total. The van der Waals surface area contributed by atoms with Crippen molar-refractivity contribution in [3.8, 4) is 5.75 Å². The van der Waals surface area contributed by atoms with Crippen LogP contribution in [0.1, 0.15) is 31.0 Å². The number of aromatic nitrogens is 1. The predicted molar refractivity (Wildman–Crippen MR) is 123 cm³/mol. The second kappa shape index (κ2) is 8.64. The third kappa shape index (κ3) is 4.00. The second-order valence-electron chi connectivity index (χ2n) is 6.92. The van der Waals surface area contributed by atoms with Crippen molar-refractivity contribution in [2.24, 2.45) is 4.99 Å². The van der Waals surface area contributed by atoms with Gasteiger partial charge in [-0.1, -0.05) is 47.7 Å². The molecule has 0 radical (unpaired) electrons. The molecule has 4 rings (SSSR count). The zero-order valence-electron chi connectivity index (χ0n) is 16.8. The fourth-order valence-electron chi connectivity index (χ4n) is 3.51. The first-order valence-corrected chi connectivity index (χ1v) is 11.2. The first-order valence-electron chi connectivity index (χ1n) is 9.64. The normalized spacial score (nSPS) is 16.1. The highest BCUT2D eigenvalue weighted by atomic mass is 79.9. The number of hydrogen-bond donors (Lipinski definition) is 1. The molecule has 8 heteroatoms. The van der Waals surface area contributed by atoms with E-state index in [1.54, 1.807) is 42.7 Å². The number of allylic oxidation sites excluding steroid dienone is 1. The van der Waals surface area contributed by atoms with Gasteiger partial charge in [-0.05, 0) is 59.1 Å². The Kier molecular flexibility index (Phi) is 5.93. The number of phenols is 1. The first-order chi connectivity index (χ1) is 14.9. The standard InChI is InChI=1S/C23H19BrN2O4S/c1-3-30-22(29)19-13(2)25-23-26(20(19)15-7-5-4-6-8-15)21(28)18(31-23)12-14-9-10-17(27)16(24)11-14/h4-12,20,27H,3H2,1-2H3/t20-/m1/s1. The molecule has 0 saturated carbocycles. The smallest absolute Gasteiger partial charge is 0.338 e. The number of carbonyl (C=O) groups excluding carboxylic acids is 1. The van der Waals surface area contributed by atoms with E-state index in [4.69, 9.17) is 4.74 Å². The summed E-state index contributed by atoms with van der Waals surface area (Å²) in [5.41, 5.74) is 2.22. The van der Waals surface area contributed by atoms with Gasteiger partial charge < -0.3 is 9.84 Å². The van der Waals surface area contributed by atoms with Gasteiger partial charge in [0.2, 0.25) is 0 Å². The number of hydrogen-bond acceptors (Lipinski definition) is 6. The molecule has 3 aromatic rings. The van der Waals surface area contributed by atoms with Crippen LogP contribution in [-0.4, -0.2) is 22.2 Å². The van der Waals surface area contributed by atoms with Gasteiger partial charge in [0.05, 0.1) is 32.9 Å². The summed E-state index contributed by atoms with van der Waals surface area (Å²) in [7, 11) is 0. The average molecular weight is 499 g/mol. The monoisotopic (exact) mass is 498 g/mol. The van der Waals surface area contributed by atoms with Crippen LogP contribution in [0.25, 0.3) is 6.08 Å². The Bertz CT molecular complexity index is 1370. The highest BCUT2D eigenvalue weighted by Crippen LogP contribution is 2.30. The van der Waals surface area contributed by atoms with E-state index in [0.29, 0.717) is 25.1 Å². The van der Waals surface area contributed by atoms with Crippen molar-refractivity contribution in [2.75, 3.05) is 6.61 Å². The van der Waals surface area contributed by atoms with Gasteiger partial charge in [-0.2, -0.15) is 0 Å². The van der Waals surface area contributed by atoms with E-state index in [1.165, 1.54) is 11.3 Å². The molecule has 0 fully saturated rings. The van der Waals surface area contributed by atoms with Gasteiger partial charge in [-0.25, -0.2) is 9.79 Å². The summed E-state index contributed by atoms with van der Waals surface area (Å²) < 4.78 is 7.86. The number of halogens is 1. The molecule has 0 spiro atoms. The number of benzene rings is 2. The molecule has 1 aromatic heterocycles. The van der Waals surface area contributed by atoms with Crippen LogP contribution in [0.4, 0.5) is 0 Å². The molecule has 0 aliphatic carbocycles. The summed E-state index contributed by atoms with van der Waals surface area (Å²) in [6.45, 7) is 3.74. The average Bonchev–Trinajstić information content (AvgIpc) is 3.05. The van der Waals surface area contributed by atoms with Gasteiger partial charge in [0.15, 0.2) is 4.80 Å². The van der Waals surface area contributed by atoms with Crippen LogP contribution in [-0.2, 0) is 9.53 Å². The van der Waals surface area contributed by atoms with Crippen LogP contribution in [0.15, 0.2) is 74.1 Å². The molecule has 1 aliphatic heterocycles. The lowest BCUT2D eigenvalue weighted by Gasteiger charge is -2.24. The quantitative estimate of drug-likeness (QED) is 0.559. The number of rotatable bonds is 4. The van der Waals surface area contributed by atoms with Crippen molar-refractivity contribution < 1.29 is 14.6 Å². The van der Waals surface area contributed by atoms with E-state index < -0.39 is 12.0 Å². The second-order valence-corrected chi connectivity index (χ2v) is 8.79. The minimum Gasteiger partial charge on any atom is -0.507 e. The number of phenolic OH excluding ortho intramolecular Hbond substituents is 1. The number of fused-ring (bicyclic) bond motifs is 1. The Labute approximate surface area is 190 Å². The van der Waals surface area contributed by atoms with Crippen molar-refractivity contribution >= 4 is 39.3 Å². The Balaban J connectivity index is 1.95. The van der Waals surface area contributed by atoms with Crippen LogP contribution in [0.3, 0.4) is 0 Å². The fourth-order valence-corrected chi connectivity index (χ4v) is 4.95. The van der Waals surface area contributed by atoms with Gasteiger partial charge >= 0.3 is 5.97 Å². The molecular weight excluding hydrogens is 480 g/mol. The van der Waals surface area contributed by atoms with Crippen molar-refractivity contribution in [1.29, 1.82) is 0 Å². The molecule has 0 saturated heterocycles. The van der Waals surface area contributed by atoms with E-state index in [1.807, 2.05) is 30.3 Å². The summed E-state index contributed by atoms with van der Waals surface area (Å²) in [6, 6.07) is 13.8. The Morgan fingerprint density at radius 3 is 2.71 bits per heavy atom. The summed E-state index contributed by atoms with van der Waals surface area (Å²) in [6.07, 6.45) is 1.75. The van der Waals surface area contributed by atoms with Crippen molar-refractivity contribution in [3.05, 3.63) is 95.1 Å². The molecule has 31 heavy (non-hydrogen) atoms. The first kappa shape index (κ1) is 21.3. The number of thiazole rings is 1. The van der Waals surface area contributed by atoms with Crippen molar-refractivity contribution in [1.82, 2.24) is 4.57 Å². The number of nitrogens with zero attached hydrogens (tertiary/aromatic N) is 2. The molecule has 1 aliphatic rings. The molecule has 6 nitrogen and oxygen atoms in total. The largest absolute Gasteiger partial charge is 0.507 e. The van der Waals surface area contributed by atoms with Gasteiger partial charge in [-0.3, -0.25) is 9.36 Å². The minimum atomic E-state index is -0.620. The maximum absolute atomic E-state index is 13.4. The SMILES string of the molecule is CCOC(=O)C1=C(C)N=c2sc(=Cc3ccc(O)c(Br)c3)c(=O)n2[C@@H]1c1ccccc1. The summed E-state index contributed by atoms with van der Waals surface area (Å²) >= 11 is 4.56. The highest BCUT2D eigenvalue weighted by molar-refractivity contribution is 9.10. The summed E-state index contributed by atoms with van der Waals surface area (Å²) in [5.74, 6) is -0.355. The Morgan fingerprint density at radius 2 is 2.03 bits per heavy atom. The van der Waals surface area contributed by atoms with Gasteiger partial charge in [0.1, 0.15) is 5.75 Å². The molecule has 2 aromatic carbocycles. The van der Waals surface area contributed by atoms with E-state index in [0.717, 1.165) is 11.1 Å². The maximum Gasteiger partial charge on any atom is 0.338 e. The zero-order valence-corrected chi connectivity index (χ0v) is 19.2. The number of ether oxygens (including phenoxy) is 1. The summed E-state index contributed by atoms with van der Waals surface area (Å²) in [4.78, 5) is 31.3. The molecule has 0 amide bonds. The molecule has 0 bridgehead atoms. The van der Waals surface area contributed by atoms with Gasteiger partial charge in [-0.15, -0.1) is 0 Å². The zero-order chi connectivity index (χ0) is 22.1. The van der Waals surface area contributed by atoms with Gasteiger partial charge in [0, 0.05) is 0 Å². The Hall–Kier alpha value is -2.97. The van der Waals surface area contributed by atoms with Crippen LogP contribution in [0.2, 0.25) is 0 Å². The van der Waals surface area contributed by atoms with Crippen LogP contribution >= 0.6 is 27.3 Å². The van der Waals surface area contributed by atoms with E-state index in [9.17, 15) is 14.7 Å². The van der Waals surface area contributed by atoms with Crippen LogP contribution < -0.4 is 14.9 Å². The Morgan fingerprint density at radius 1 is 1.29 bits per heavy atom. The highest BCUT2D eigenvalue weighted by Gasteiger charge is 2.33. The molecular formula is C23H19BrN2O4S. The van der Waals surface area contributed by atoms with Crippen LogP contribution in [0, 0.1) is 0 Å². The summed E-state index contributed by atoms with van der Waals surface area (Å²) in [5, 5.41) is 9.72.